The number of ether oxygens (including phenoxy) is 1. The van der Waals surface area contributed by atoms with Gasteiger partial charge in [0.15, 0.2) is 6.61 Å². The van der Waals surface area contributed by atoms with Crippen molar-refractivity contribution in [3.8, 4) is 5.75 Å². The Kier molecular flexibility index (Phi) is 5.42. The van der Waals surface area contributed by atoms with Crippen LogP contribution in [0.1, 0.15) is 13.8 Å². The summed E-state index contributed by atoms with van der Waals surface area (Å²) >= 11 is 0. The van der Waals surface area contributed by atoms with Gasteiger partial charge in [0.05, 0.1) is 17.8 Å². The number of aliphatic hydroxyl groups excluding tert-OH is 1. The average molecular weight is 306 g/mol. The summed E-state index contributed by atoms with van der Waals surface area (Å²) in [5, 5.41) is 13.9. The summed E-state index contributed by atoms with van der Waals surface area (Å²) in [5.74, 6) is -0.0909. The van der Waals surface area contributed by atoms with Crippen LogP contribution in [0.25, 0.3) is 0 Å². The zero-order valence-corrected chi connectivity index (χ0v) is 11.6. The van der Waals surface area contributed by atoms with Crippen molar-refractivity contribution in [2.24, 2.45) is 0 Å². The minimum atomic E-state index is -4.46. The van der Waals surface area contributed by atoms with Gasteiger partial charge < -0.3 is 20.5 Å². The normalized spacial score (nSPS) is 11.9. The molecule has 1 aromatic carbocycles. The van der Waals surface area contributed by atoms with E-state index in [1.807, 2.05) is 0 Å². The highest BCUT2D eigenvalue weighted by atomic mass is 19.4. The number of hydrogen-bond acceptors (Lipinski definition) is 3. The highest BCUT2D eigenvalue weighted by Crippen LogP contribution is 2.26. The Labute approximate surface area is 120 Å². The van der Waals surface area contributed by atoms with Crippen LogP contribution in [0.5, 0.6) is 5.75 Å². The molecule has 1 aromatic rings. The topological polar surface area (TPSA) is 70.6 Å². The molecule has 1 rings (SSSR count). The first-order valence-corrected chi connectivity index (χ1v) is 6.11. The Balaban J connectivity index is 2.73. The van der Waals surface area contributed by atoms with E-state index in [1.54, 1.807) is 19.9 Å². The van der Waals surface area contributed by atoms with Gasteiger partial charge in [-0.2, -0.15) is 13.2 Å². The van der Waals surface area contributed by atoms with E-state index in [0.29, 0.717) is 0 Å². The van der Waals surface area contributed by atoms with E-state index < -0.39 is 24.4 Å². The maximum atomic E-state index is 12.2. The molecule has 0 aliphatic rings. The molecule has 0 radical (unpaired) electrons. The summed E-state index contributed by atoms with van der Waals surface area (Å²) in [6.07, 6.45) is -4.46. The van der Waals surface area contributed by atoms with E-state index in [0.717, 1.165) is 0 Å². The minimum absolute atomic E-state index is 0.0909. The summed E-state index contributed by atoms with van der Waals surface area (Å²) in [7, 11) is 0. The fraction of sp³-hybridized carbons (Fsp3) is 0.462. The minimum Gasteiger partial charge on any atom is -0.482 e. The number of benzene rings is 1. The number of carbonyl (C=O) groups excluding carboxylic acids is 1. The number of para-hydroxylation sites is 2. The first-order chi connectivity index (χ1) is 9.63. The van der Waals surface area contributed by atoms with Crippen molar-refractivity contribution in [1.29, 1.82) is 0 Å². The number of aliphatic hydroxyl groups is 1. The van der Waals surface area contributed by atoms with Crippen molar-refractivity contribution in [2.75, 3.05) is 18.5 Å². The zero-order chi connectivity index (χ0) is 16.1. The fourth-order valence-corrected chi connectivity index (χ4v) is 1.36. The molecule has 0 aliphatic heterocycles. The predicted octanol–water partition coefficient (Wildman–Crippen LogP) is 2.52. The molecule has 0 bridgehead atoms. The van der Waals surface area contributed by atoms with Crippen LogP contribution in [0, 0.1) is 0 Å². The van der Waals surface area contributed by atoms with E-state index in [1.165, 1.54) is 18.2 Å². The van der Waals surface area contributed by atoms with E-state index in [-0.39, 0.29) is 18.0 Å². The van der Waals surface area contributed by atoms with Crippen molar-refractivity contribution < 1.29 is 27.8 Å². The van der Waals surface area contributed by atoms with Crippen LogP contribution in [-0.2, 0) is 0 Å². The Morgan fingerprint density at radius 2 is 1.90 bits per heavy atom. The van der Waals surface area contributed by atoms with Crippen molar-refractivity contribution >= 4 is 11.7 Å². The Hall–Kier alpha value is -1.96. The molecule has 0 aliphatic carbocycles. The molecule has 0 fully saturated rings. The van der Waals surface area contributed by atoms with E-state index in [4.69, 9.17) is 5.11 Å². The van der Waals surface area contributed by atoms with Gasteiger partial charge in [-0.3, -0.25) is 0 Å². The van der Waals surface area contributed by atoms with E-state index >= 15 is 0 Å². The second kappa shape index (κ2) is 6.66. The van der Waals surface area contributed by atoms with Crippen molar-refractivity contribution in [3.63, 3.8) is 0 Å². The standard InChI is InChI=1S/C13H17F3N2O3/c1-12(2,7-19)18-11(20)17-9-5-3-4-6-10(9)21-8-13(14,15)16/h3-6,19H,7-8H2,1-2H3,(H2,17,18,20). The van der Waals surface area contributed by atoms with E-state index in [9.17, 15) is 18.0 Å². The Morgan fingerprint density at radius 3 is 2.48 bits per heavy atom. The molecule has 0 unspecified atom stereocenters. The smallest absolute Gasteiger partial charge is 0.422 e. The number of carbonyl (C=O) groups is 1. The first-order valence-electron chi connectivity index (χ1n) is 6.11. The number of nitrogens with one attached hydrogen (secondary N) is 2. The molecular formula is C13H17F3N2O3. The van der Waals surface area contributed by atoms with Crippen LogP contribution >= 0.6 is 0 Å². The predicted molar refractivity (Wildman–Crippen MR) is 71.3 cm³/mol. The van der Waals surface area contributed by atoms with Gasteiger partial charge in [-0.25, -0.2) is 4.79 Å². The lowest BCUT2D eigenvalue weighted by atomic mass is 10.1. The molecule has 2 amide bonds. The second-order valence-corrected chi connectivity index (χ2v) is 5.02. The van der Waals surface area contributed by atoms with Crippen LogP contribution < -0.4 is 15.4 Å². The summed E-state index contributed by atoms with van der Waals surface area (Å²) in [6, 6.07) is 5.12. The summed E-state index contributed by atoms with van der Waals surface area (Å²) in [4.78, 5) is 11.7. The largest absolute Gasteiger partial charge is 0.482 e. The van der Waals surface area contributed by atoms with Crippen molar-refractivity contribution in [2.45, 2.75) is 25.6 Å². The lowest BCUT2D eigenvalue weighted by Gasteiger charge is -2.24. The van der Waals surface area contributed by atoms with Crippen molar-refractivity contribution in [3.05, 3.63) is 24.3 Å². The zero-order valence-electron chi connectivity index (χ0n) is 11.6. The summed E-state index contributed by atoms with van der Waals surface area (Å²) in [5.41, 5.74) is -0.751. The van der Waals surface area contributed by atoms with Crippen LogP contribution in [-0.4, -0.2) is 36.1 Å². The molecule has 5 nitrogen and oxygen atoms in total. The number of alkyl halides is 3. The maximum absolute atomic E-state index is 12.2. The number of hydrogen-bond donors (Lipinski definition) is 3. The Bertz CT molecular complexity index is 490. The number of rotatable bonds is 5. The molecule has 0 aromatic heterocycles. The van der Waals surface area contributed by atoms with Gasteiger partial charge >= 0.3 is 12.2 Å². The van der Waals surface area contributed by atoms with Gasteiger partial charge in [0, 0.05) is 0 Å². The number of urea groups is 1. The molecule has 0 atom stereocenters. The van der Waals surface area contributed by atoms with Gasteiger partial charge in [-0.1, -0.05) is 12.1 Å². The van der Waals surface area contributed by atoms with E-state index in [2.05, 4.69) is 15.4 Å². The molecule has 8 heteroatoms. The number of amides is 2. The average Bonchev–Trinajstić information content (AvgIpc) is 2.36. The Morgan fingerprint density at radius 1 is 1.29 bits per heavy atom. The summed E-state index contributed by atoms with van der Waals surface area (Å²) in [6.45, 7) is 1.46. The van der Waals surface area contributed by atoms with Crippen molar-refractivity contribution in [1.82, 2.24) is 5.32 Å². The number of halogens is 3. The van der Waals surface area contributed by atoms with Gasteiger partial charge in [0.2, 0.25) is 0 Å². The van der Waals surface area contributed by atoms with Crippen LogP contribution in [0.2, 0.25) is 0 Å². The first kappa shape index (κ1) is 17.1. The third-order valence-corrected chi connectivity index (χ3v) is 2.37. The van der Waals surface area contributed by atoms with Crippen LogP contribution in [0.3, 0.4) is 0 Å². The third kappa shape index (κ3) is 6.35. The molecule has 118 valence electrons. The molecule has 0 saturated heterocycles. The number of anilines is 1. The lowest BCUT2D eigenvalue weighted by Crippen LogP contribution is -2.48. The monoisotopic (exact) mass is 306 g/mol. The summed E-state index contributed by atoms with van der Waals surface area (Å²) < 4.78 is 41.1. The van der Waals surface area contributed by atoms with Gasteiger partial charge in [-0.05, 0) is 26.0 Å². The molecule has 21 heavy (non-hydrogen) atoms. The second-order valence-electron chi connectivity index (χ2n) is 5.02. The van der Waals surface area contributed by atoms with Crippen LogP contribution in [0.15, 0.2) is 24.3 Å². The molecule has 0 heterocycles. The molecule has 3 N–H and O–H groups in total. The quantitative estimate of drug-likeness (QED) is 0.783. The SMILES string of the molecule is CC(C)(CO)NC(=O)Nc1ccccc1OCC(F)(F)F. The molecular weight excluding hydrogens is 289 g/mol. The third-order valence-electron chi connectivity index (χ3n) is 2.37. The van der Waals surface area contributed by atoms with Gasteiger partial charge in [-0.15, -0.1) is 0 Å². The van der Waals surface area contributed by atoms with Gasteiger partial charge in [0.1, 0.15) is 5.75 Å². The van der Waals surface area contributed by atoms with Crippen LogP contribution in [0.4, 0.5) is 23.7 Å². The molecule has 0 saturated carbocycles. The lowest BCUT2D eigenvalue weighted by molar-refractivity contribution is -0.153. The fourth-order valence-electron chi connectivity index (χ4n) is 1.36. The maximum Gasteiger partial charge on any atom is 0.422 e. The van der Waals surface area contributed by atoms with Gasteiger partial charge in [0.25, 0.3) is 0 Å². The highest BCUT2D eigenvalue weighted by molar-refractivity contribution is 5.91. The highest BCUT2D eigenvalue weighted by Gasteiger charge is 2.29. The molecule has 0 spiro atoms.